The standard InChI is InChI=1S/C20H27ClN2O4S/c1-14-5-3-4-11-23(14)18(24)13-27-20(26)17(10-12-28-2)22-19(25)15-6-8-16(21)9-7-15/h6-9,14,17H,3-5,10-13H2,1-2H3,(H,22,25)/t14-,17-/m1/s1. The molecule has 0 aliphatic carbocycles. The van der Waals surface area contributed by atoms with Crippen LogP contribution in [0, 0.1) is 0 Å². The van der Waals surface area contributed by atoms with Crippen LogP contribution in [0.3, 0.4) is 0 Å². The first-order valence-corrected chi connectivity index (χ1v) is 11.2. The molecule has 0 unspecified atom stereocenters. The Morgan fingerprint density at radius 1 is 1.29 bits per heavy atom. The first-order valence-electron chi connectivity index (χ1n) is 9.44. The number of halogens is 1. The Hall–Kier alpha value is -1.73. The van der Waals surface area contributed by atoms with Gasteiger partial charge in [-0.3, -0.25) is 9.59 Å². The average molecular weight is 427 g/mol. The van der Waals surface area contributed by atoms with Crippen molar-refractivity contribution in [1.82, 2.24) is 10.2 Å². The Labute approximate surface area is 175 Å². The first kappa shape index (κ1) is 22.6. The van der Waals surface area contributed by atoms with Crippen LogP contribution in [0.5, 0.6) is 0 Å². The number of amides is 2. The van der Waals surface area contributed by atoms with Crippen LogP contribution in [0.25, 0.3) is 0 Å². The van der Waals surface area contributed by atoms with Gasteiger partial charge in [0.25, 0.3) is 11.8 Å². The van der Waals surface area contributed by atoms with Crippen LogP contribution in [0.15, 0.2) is 24.3 Å². The zero-order chi connectivity index (χ0) is 20.5. The SMILES string of the molecule is CSCC[C@@H](NC(=O)c1ccc(Cl)cc1)C(=O)OCC(=O)N1CCCC[C@H]1C. The number of carbonyl (C=O) groups is 3. The molecule has 1 saturated heterocycles. The number of ether oxygens (including phenoxy) is 1. The minimum atomic E-state index is -0.804. The van der Waals surface area contributed by atoms with Gasteiger partial charge < -0.3 is 15.0 Å². The van der Waals surface area contributed by atoms with E-state index in [9.17, 15) is 14.4 Å². The normalized spacial score (nSPS) is 17.7. The van der Waals surface area contributed by atoms with Crippen LogP contribution in [0.2, 0.25) is 5.02 Å². The summed E-state index contributed by atoms with van der Waals surface area (Å²) in [5.41, 5.74) is 0.407. The monoisotopic (exact) mass is 426 g/mol. The van der Waals surface area contributed by atoms with Crippen molar-refractivity contribution in [3.05, 3.63) is 34.9 Å². The van der Waals surface area contributed by atoms with Crippen LogP contribution in [0.1, 0.15) is 43.0 Å². The van der Waals surface area contributed by atoms with Crippen molar-refractivity contribution in [1.29, 1.82) is 0 Å². The van der Waals surface area contributed by atoms with Crippen molar-refractivity contribution >= 4 is 41.1 Å². The topological polar surface area (TPSA) is 75.7 Å². The van der Waals surface area contributed by atoms with Crippen LogP contribution in [-0.2, 0) is 14.3 Å². The lowest BCUT2D eigenvalue weighted by Crippen LogP contribution is -2.46. The Morgan fingerprint density at radius 2 is 2.00 bits per heavy atom. The van der Waals surface area contributed by atoms with Gasteiger partial charge in [-0.25, -0.2) is 4.79 Å². The molecule has 1 fully saturated rings. The largest absolute Gasteiger partial charge is 0.454 e. The van der Waals surface area contributed by atoms with E-state index in [1.54, 1.807) is 40.9 Å². The first-order chi connectivity index (χ1) is 13.4. The molecule has 2 atom stereocenters. The van der Waals surface area contributed by atoms with E-state index >= 15 is 0 Å². The highest BCUT2D eigenvalue weighted by Crippen LogP contribution is 2.16. The van der Waals surface area contributed by atoms with Crippen LogP contribution >= 0.6 is 23.4 Å². The van der Waals surface area contributed by atoms with Crippen molar-refractivity contribution in [2.45, 2.75) is 44.7 Å². The second-order valence-corrected chi connectivity index (χ2v) is 8.28. The van der Waals surface area contributed by atoms with Crippen LogP contribution < -0.4 is 5.32 Å². The van der Waals surface area contributed by atoms with Gasteiger partial charge in [-0.15, -0.1) is 0 Å². The Bertz CT molecular complexity index is 683. The molecule has 0 aromatic heterocycles. The molecule has 1 aliphatic heterocycles. The van der Waals surface area contributed by atoms with Gasteiger partial charge in [0.2, 0.25) is 0 Å². The second kappa shape index (κ2) is 11.3. The lowest BCUT2D eigenvalue weighted by Gasteiger charge is -2.33. The zero-order valence-corrected chi connectivity index (χ0v) is 17.9. The number of carbonyl (C=O) groups excluding carboxylic acids is 3. The summed E-state index contributed by atoms with van der Waals surface area (Å²) in [5, 5.41) is 3.23. The van der Waals surface area contributed by atoms with Gasteiger partial charge in [-0.05, 0) is 68.9 Å². The number of nitrogens with one attached hydrogen (secondary N) is 1. The van der Waals surface area contributed by atoms with Crippen molar-refractivity contribution < 1.29 is 19.1 Å². The Kier molecular flexibility index (Phi) is 9.12. The van der Waals surface area contributed by atoms with Gasteiger partial charge in [0.1, 0.15) is 6.04 Å². The Morgan fingerprint density at radius 3 is 2.64 bits per heavy atom. The minimum Gasteiger partial charge on any atom is -0.454 e. The van der Waals surface area contributed by atoms with E-state index in [0.29, 0.717) is 29.3 Å². The third-order valence-corrected chi connectivity index (χ3v) is 5.66. The number of rotatable bonds is 8. The van der Waals surface area contributed by atoms with Crippen molar-refractivity contribution in [2.24, 2.45) is 0 Å². The maximum absolute atomic E-state index is 12.5. The second-order valence-electron chi connectivity index (χ2n) is 6.85. The fraction of sp³-hybridized carbons (Fsp3) is 0.550. The van der Waals surface area contributed by atoms with E-state index in [1.807, 2.05) is 13.2 Å². The van der Waals surface area contributed by atoms with Gasteiger partial charge in [0, 0.05) is 23.2 Å². The average Bonchev–Trinajstić information content (AvgIpc) is 2.69. The molecule has 2 amide bonds. The minimum absolute atomic E-state index is 0.164. The lowest BCUT2D eigenvalue weighted by atomic mass is 10.0. The molecular weight excluding hydrogens is 400 g/mol. The van der Waals surface area contributed by atoms with Gasteiger partial charge in [-0.2, -0.15) is 11.8 Å². The predicted molar refractivity (Wildman–Crippen MR) is 112 cm³/mol. The van der Waals surface area contributed by atoms with Gasteiger partial charge >= 0.3 is 5.97 Å². The molecule has 1 aromatic carbocycles. The number of nitrogens with zero attached hydrogens (tertiary/aromatic N) is 1. The van der Waals surface area contributed by atoms with E-state index in [2.05, 4.69) is 5.32 Å². The third kappa shape index (κ3) is 6.71. The Balaban J connectivity index is 1.93. The molecule has 1 N–H and O–H groups in total. The van der Waals surface area contributed by atoms with Crippen molar-refractivity contribution in [3.63, 3.8) is 0 Å². The molecule has 1 heterocycles. The maximum Gasteiger partial charge on any atom is 0.329 e. The van der Waals surface area contributed by atoms with Crippen LogP contribution in [-0.4, -0.2) is 59.9 Å². The number of likely N-dealkylation sites (tertiary alicyclic amines) is 1. The molecule has 2 rings (SSSR count). The predicted octanol–water partition coefficient (Wildman–Crippen LogP) is 3.14. The van der Waals surface area contributed by atoms with E-state index < -0.39 is 12.0 Å². The molecule has 0 radical (unpaired) electrons. The number of piperidine rings is 1. The maximum atomic E-state index is 12.5. The summed E-state index contributed by atoms with van der Waals surface area (Å²) in [4.78, 5) is 39.1. The summed E-state index contributed by atoms with van der Waals surface area (Å²) in [6.45, 7) is 2.41. The summed E-state index contributed by atoms with van der Waals surface area (Å²) in [6, 6.07) is 5.78. The van der Waals surface area contributed by atoms with E-state index in [4.69, 9.17) is 16.3 Å². The number of benzene rings is 1. The van der Waals surface area contributed by atoms with Gasteiger partial charge in [0.05, 0.1) is 0 Å². The molecule has 28 heavy (non-hydrogen) atoms. The van der Waals surface area contributed by atoms with Crippen molar-refractivity contribution in [3.8, 4) is 0 Å². The highest BCUT2D eigenvalue weighted by molar-refractivity contribution is 7.98. The molecule has 1 aliphatic rings. The number of hydrogen-bond donors (Lipinski definition) is 1. The summed E-state index contributed by atoms with van der Waals surface area (Å²) in [7, 11) is 0. The highest BCUT2D eigenvalue weighted by atomic mass is 35.5. The summed E-state index contributed by atoms with van der Waals surface area (Å²) in [5.74, 6) is -0.476. The zero-order valence-electron chi connectivity index (χ0n) is 16.3. The fourth-order valence-corrected chi connectivity index (χ4v) is 3.71. The third-order valence-electron chi connectivity index (χ3n) is 4.77. The number of hydrogen-bond acceptors (Lipinski definition) is 5. The highest BCUT2D eigenvalue weighted by Gasteiger charge is 2.27. The van der Waals surface area contributed by atoms with Crippen molar-refractivity contribution in [2.75, 3.05) is 25.2 Å². The van der Waals surface area contributed by atoms with E-state index in [0.717, 1.165) is 19.3 Å². The molecule has 0 saturated carbocycles. The summed E-state index contributed by atoms with van der Waals surface area (Å²) >= 11 is 7.41. The molecule has 0 bridgehead atoms. The van der Waals surface area contributed by atoms with E-state index in [-0.39, 0.29) is 24.5 Å². The number of thioether (sulfide) groups is 1. The summed E-state index contributed by atoms with van der Waals surface area (Å²) < 4.78 is 5.25. The fourth-order valence-electron chi connectivity index (χ4n) is 3.11. The molecule has 0 spiro atoms. The van der Waals surface area contributed by atoms with Gasteiger partial charge in [0.15, 0.2) is 6.61 Å². The molecule has 1 aromatic rings. The molecular formula is C20H27ClN2O4S. The number of esters is 1. The van der Waals surface area contributed by atoms with Gasteiger partial charge in [-0.1, -0.05) is 11.6 Å². The van der Waals surface area contributed by atoms with Crippen LogP contribution in [0.4, 0.5) is 0 Å². The molecule has 154 valence electrons. The molecule has 8 heteroatoms. The smallest absolute Gasteiger partial charge is 0.329 e. The summed E-state index contributed by atoms with van der Waals surface area (Å²) in [6.07, 6.45) is 5.39. The van der Waals surface area contributed by atoms with E-state index in [1.165, 1.54) is 0 Å². The lowest BCUT2D eigenvalue weighted by molar-refractivity contribution is -0.155. The quantitative estimate of drug-likeness (QED) is 0.646. The molecule has 6 nitrogen and oxygen atoms in total.